The Morgan fingerprint density at radius 3 is 2.50 bits per heavy atom. The van der Waals surface area contributed by atoms with Crippen molar-refractivity contribution in [1.29, 1.82) is 0 Å². The fourth-order valence-electron chi connectivity index (χ4n) is 3.84. The number of hydrogen-bond donors (Lipinski definition) is 1. The molecule has 1 aliphatic carbocycles. The Morgan fingerprint density at radius 2 is 1.83 bits per heavy atom. The lowest BCUT2D eigenvalue weighted by atomic mass is 9.78. The number of anilines is 1. The zero-order valence-corrected chi connectivity index (χ0v) is 14.6. The molecule has 0 spiro atoms. The summed E-state index contributed by atoms with van der Waals surface area (Å²) in [7, 11) is 1.59. The Hall–Kier alpha value is -1.88. The van der Waals surface area contributed by atoms with Crippen LogP contribution in [0.15, 0.2) is 24.3 Å². The number of benzene rings is 1. The SMILES string of the molecule is COc1ccc(N2C(=O)C[C@H](N[C@@H]3CCC[C@H](C)[C@@H]3C)C2=O)cc1. The molecule has 5 heteroatoms. The summed E-state index contributed by atoms with van der Waals surface area (Å²) in [5.41, 5.74) is 0.611. The standard InChI is InChI=1S/C19H26N2O3/c1-12-5-4-6-16(13(12)2)20-17-11-18(22)21(19(17)23)14-7-9-15(24-3)10-8-14/h7-10,12-13,16-17,20H,4-6,11H2,1-3H3/t12-,13-,16+,17-/m0/s1. The van der Waals surface area contributed by atoms with Crippen LogP contribution in [0.3, 0.4) is 0 Å². The molecule has 5 nitrogen and oxygen atoms in total. The minimum atomic E-state index is -0.405. The smallest absolute Gasteiger partial charge is 0.251 e. The third-order valence-electron chi connectivity index (χ3n) is 5.60. The monoisotopic (exact) mass is 330 g/mol. The zero-order valence-electron chi connectivity index (χ0n) is 14.6. The summed E-state index contributed by atoms with van der Waals surface area (Å²) in [5, 5.41) is 3.46. The number of ether oxygens (including phenoxy) is 1. The Balaban J connectivity index is 1.71. The number of hydrogen-bond acceptors (Lipinski definition) is 4. The lowest BCUT2D eigenvalue weighted by Crippen LogP contribution is -2.48. The van der Waals surface area contributed by atoms with Crippen LogP contribution in [0.25, 0.3) is 0 Å². The highest BCUT2D eigenvalue weighted by Crippen LogP contribution is 2.31. The summed E-state index contributed by atoms with van der Waals surface area (Å²) in [6.07, 6.45) is 3.74. The van der Waals surface area contributed by atoms with E-state index in [1.807, 2.05) is 0 Å². The molecule has 0 unspecified atom stereocenters. The van der Waals surface area contributed by atoms with E-state index < -0.39 is 6.04 Å². The van der Waals surface area contributed by atoms with E-state index in [-0.39, 0.29) is 18.2 Å². The van der Waals surface area contributed by atoms with Crippen molar-refractivity contribution in [3.63, 3.8) is 0 Å². The Labute approximate surface area is 143 Å². The first-order valence-electron chi connectivity index (χ1n) is 8.78. The highest BCUT2D eigenvalue weighted by molar-refractivity contribution is 6.22. The van der Waals surface area contributed by atoms with Gasteiger partial charge in [-0.05, 0) is 42.5 Å². The van der Waals surface area contributed by atoms with Crippen LogP contribution in [0.1, 0.15) is 39.5 Å². The molecule has 1 aromatic rings. The molecular formula is C19H26N2O3. The lowest BCUT2D eigenvalue weighted by Gasteiger charge is -2.36. The molecule has 2 amide bonds. The molecule has 1 aromatic carbocycles. The van der Waals surface area contributed by atoms with Gasteiger partial charge in [0.05, 0.1) is 25.3 Å². The van der Waals surface area contributed by atoms with Crippen molar-refractivity contribution in [2.75, 3.05) is 12.0 Å². The predicted octanol–water partition coefficient (Wildman–Crippen LogP) is 2.74. The van der Waals surface area contributed by atoms with E-state index in [4.69, 9.17) is 4.74 Å². The van der Waals surface area contributed by atoms with Crippen molar-refractivity contribution in [3.8, 4) is 5.75 Å². The fraction of sp³-hybridized carbons (Fsp3) is 0.579. The molecule has 1 aliphatic heterocycles. The Bertz CT molecular complexity index is 614. The molecule has 2 aliphatic rings. The molecule has 24 heavy (non-hydrogen) atoms. The summed E-state index contributed by atoms with van der Waals surface area (Å²) in [4.78, 5) is 26.4. The van der Waals surface area contributed by atoms with Gasteiger partial charge in [-0.15, -0.1) is 0 Å². The Kier molecular flexibility index (Phi) is 4.90. The van der Waals surface area contributed by atoms with Crippen LogP contribution in [0.2, 0.25) is 0 Å². The first-order chi connectivity index (χ1) is 11.5. The van der Waals surface area contributed by atoms with Crippen LogP contribution in [0.4, 0.5) is 5.69 Å². The molecule has 2 fully saturated rings. The van der Waals surface area contributed by atoms with Crippen LogP contribution >= 0.6 is 0 Å². The summed E-state index contributed by atoms with van der Waals surface area (Å²) >= 11 is 0. The molecule has 4 atom stereocenters. The maximum atomic E-state index is 12.7. The number of imide groups is 1. The van der Waals surface area contributed by atoms with E-state index >= 15 is 0 Å². The molecule has 1 saturated heterocycles. The predicted molar refractivity (Wildman–Crippen MR) is 93.0 cm³/mol. The first-order valence-corrected chi connectivity index (χ1v) is 8.78. The minimum absolute atomic E-state index is 0.140. The second-order valence-corrected chi connectivity index (χ2v) is 7.06. The molecule has 1 heterocycles. The van der Waals surface area contributed by atoms with Crippen molar-refractivity contribution in [2.45, 2.75) is 51.6 Å². The van der Waals surface area contributed by atoms with Crippen molar-refractivity contribution in [1.82, 2.24) is 5.32 Å². The lowest BCUT2D eigenvalue weighted by molar-refractivity contribution is -0.121. The number of amides is 2. The second kappa shape index (κ2) is 6.93. The molecule has 3 rings (SSSR count). The summed E-state index contributed by atoms with van der Waals surface area (Å²) < 4.78 is 5.13. The second-order valence-electron chi connectivity index (χ2n) is 7.06. The summed E-state index contributed by atoms with van der Waals surface area (Å²) in [5.74, 6) is 1.60. The van der Waals surface area contributed by atoms with Gasteiger partial charge in [0.25, 0.3) is 5.91 Å². The van der Waals surface area contributed by atoms with E-state index in [0.717, 1.165) is 6.42 Å². The molecular weight excluding hydrogens is 304 g/mol. The topological polar surface area (TPSA) is 58.6 Å². The largest absolute Gasteiger partial charge is 0.497 e. The van der Waals surface area contributed by atoms with Gasteiger partial charge in [-0.3, -0.25) is 9.59 Å². The number of nitrogens with one attached hydrogen (secondary N) is 1. The average molecular weight is 330 g/mol. The molecule has 0 bridgehead atoms. The molecule has 0 radical (unpaired) electrons. The third kappa shape index (κ3) is 3.18. The quantitative estimate of drug-likeness (QED) is 0.863. The number of carbonyl (C=O) groups is 2. The number of carbonyl (C=O) groups excluding carboxylic acids is 2. The molecule has 1 saturated carbocycles. The summed E-state index contributed by atoms with van der Waals surface area (Å²) in [6.45, 7) is 4.51. The van der Waals surface area contributed by atoms with Crippen molar-refractivity contribution >= 4 is 17.5 Å². The van der Waals surface area contributed by atoms with Crippen LogP contribution in [0, 0.1) is 11.8 Å². The van der Waals surface area contributed by atoms with Gasteiger partial charge >= 0.3 is 0 Å². The fourth-order valence-corrected chi connectivity index (χ4v) is 3.84. The van der Waals surface area contributed by atoms with E-state index in [1.165, 1.54) is 17.7 Å². The highest BCUT2D eigenvalue weighted by atomic mass is 16.5. The zero-order chi connectivity index (χ0) is 17.3. The van der Waals surface area contributed by atoms with Crippen molar-refractivity contribution in [2.24, 2.45) is 11.8 Å². The van der Waals surface area contributed by atoms with Crippen molar-refractivity contribution < 1.29 is 14.3 Å². The van der Waals surface area contributed by atoms with Gasteiger partial charge in [0.15, 0.2) is 0 Å². The van der Waals surface area contributed by atoms with Crippen LogP contribution in [0.5, 0.6) is 5.75 Å². The van der Waals surface area contributed by atoms with Gasteiger partial charge in [-0.1, -0.05) is 26.7 Å². The Morgan fingerprint density at radius 1 is 1.12 bits per heavy atom. The molecule has 0 aromatic heterocycles. The molecule has 1 N–H and O–H groups in total. The highest BCUT2D eigenvalue weighted by Gasteiger charge is 2.41. The van der Waals surface area contributed by atoms with Gasteiger partial charge in [0.2, 0.25) is 5.91 Å². The van der Waals surface area contributed by atoms with Crippen molar-refractivity contribution in [3.05, 3.63) is 24.3 Å². The normalized spacial score (nSPS) is 30.7. The molecule has 130 valence electrons. The van der Waals surface area contributed by atoms with E-state index in [9.17, 15) is 9.59 Å². The maximum absolute atomic E-state index is 12.7. The average Bonchev–Trinajstić information content (AvgIpc) is 2.86. The third-order valence-corrected chi connectivity index (χ3v) is 5.60. The van der Waals surface area contributed by atoms with Crippen LogP contribution in [-0.4, -0.2) is 31.0 Å². The van der Waals surface area contributed by atoms with Gasteiger partial charge in [-0.2, -0.15) is 0 Å². The summed E-state index contributed by atoms with van der Waals surface area (Å²) in [6, 6.07) is 6.94. The van der Waals surface area contributed by atoms with E-state index in [0.29, 0.717) is 29.3 Å². The van der Waals surface area contributed by atoms with Crippen LogP contribution < -0.4 is 15.0 Å². The first kappa shape index (κ1) is 17.0. The number of nitrogens with zero attached hydrogens (tertiary/aromatic N) is 1. The maximum Gasteiger partial charge on any atom is 0.251 e. The van der Waals surface area contributed by atoms with Crippen LogP contribution in [-0.2, 0) is 9.59 Å². The van der Waals surface area contributed by atoms with Gasteiger partial charge in [0.1, 0.15) is 5.75 Å². The van der Waals surface area contributed by atoms with Gasteiger partial charge in [0, 0.05) is 6.04 Å². The van der Waals surface area contributed by atoms with Gasteiger partial charge in [-0.25, -0.2) is 4.90 Å². The number of rotatable bonds is 4. The van der Waals surface area contributed by atoms with E-state index in [1.54, 1.807) is 31.4 Å². The number of methoxy groups -OCH3 is 1. The van der Waals surface area contributed by atoms with Gasteiger partial charge < -0.3 is 10.1 Å². The minimum Gasteiger partial charge on any atom is -0.497 e. The van der Waals surface area contributed by atoms with E-state index in [2.05, 4.69) is 19.2 Å².